The maximum atomic E-state index is 12.6. The molecule has 2 heterocycles. The Kier molecular flexibility index (Phi) is 5.70. The summed E-state index contributed by atoms with van der Waals surface area (Å²) < 4.78 is 1.47. The summed E-state index contributed by atoms with van der Waals surface area (Å²) >= 11 is 20.7. The van der Waals surface area contributed by atoms with Crippen molar-refractivity contribution in [2.45, 2.75) is 19.0 Å². The van der Waals surface area contributed by atoms with Crippen LogP contribution in [0.15, 0.2) is 22.1 Å². The summed E-state index contributed by atoms with van der Waals surface area (Å²) in [5.41, 5.74) is 1.13. The Morgan fingerprint density at radius 3 is 2.62 bits per heavy atom. The minimum absolute atomic E-state index is 0.0762. The Bertz CT molecular complexity index is 1110. The fourth-order valence-corrected chi connectivity index (χ4v) is 5.00. The number of halogens is 3. The predicted octanol–water partition coefficient (Wildman–Crippen LogP) is 5.55. The standard InChI is InChI=1S/C17H13Cl3N2O2S2/c1-7-8(2)26-15-12(7)16(24)22(3)17(21-15)25-6-11(23)9-4-5-10(18)14(20)13(9)19/h4-5H,6H2,1-3H3. The van der Waals surface area contributed by atoms with Crippen molar-refractivity contribution in [3.05, 3.63) is 53.6 Å². The number of aryl methyl sites for hydroxylation is 2. The van der Waals surface area contributed by atoms with Gasteiger partial charge in [-0.1, -0.05) is 46.6 Å². The molecule has 0 atom stereocenters. The van der Waals surface area contributed by atoms with E-state index in [-0.39, 0.29) is 27.1 Å². The molecule has 0 amide bonds. The molecule has 2 aromatic heterocycles. The predicted molar refractivity (Wildman–Crippen MR) is 111 cm³/mol. The van der Waals surface area contributed by atoms with Crippen LogP contribution < -0.4 is 5.56 Å². The normalized spacial score (nSPS) is 11.3. The van der Waals surface area contributed by atoms with E-state index in [1.54, 1.807) is 13.1 Å². The van der Waals surface area contributed by atoms with Crippen LogP contribution in [0.4, 0.5) is 0 Å². The smallest absolute Gasteiger partial charge is 0.262 e. The molecule has 3 rings (SSSR count). The number of Topliss-reactive ketones (excluding diaryl/α,β-unsaturated/α-hetero) is 1. The lowest BCUT2D eigenvalue weighted by molar-refractivity contribution is 0.102. The highest BCUT2D eigenvalue weighted by Gasteiger charge is 2.18. The number of hydrogen-bond acceptors (Lipinski definition) is 5. The van der Waals surface area contributed by atoms with Crippen LogP contribution in [0.25, 0.3) is 10.2 Å². The zero-order valence-corrected chi connectivity index (χ0v) is 17.9. The van der Waals surface area contributed by atoms with E-state index in [1.165, 1.54) is 33.7 Å². The van der Waals surface area contributed by atoms with Gasteiger partial charge in [-0.15, -0.1) is 11.3 Å². The molecule has 0 aliphatic carbocycles. The number of thioether (sulfide) groups is 1. The number of ketones is 1. The van der Waals surface area contributed by atoms with Crippen molar-refractivity contribution in [1.29, 1.82) is 0 Å². The molecular formula is C17H13Cl3N2O2S2. The van der Waals surface area contributed by atoms with Gasteiger partial charge in [-0.05, 0) is 31.5 Å². The van der Waals surface area contributed by atoms with E-state index in [9.17, 15) is 9.59 Å². The van der Waals surface area contributed by atoms with Gasteiger partial charge in [0.05, 0.1) is 26.2 Å². The Morgan fingerprint density at radius 2 is 1.92 bits per heavy atom. The van der Waals surface area contributed by atoms with Gasteiger partial charge in [0, 0.05) is 17.5 Å². The molecule has 0 aliphatic rings. The molecule has 3 aromatic rings. The van der Waals surface area contributed by atoms with E-state index in [0.29, 0.717) is 26.0 Å². The summed E-state index contributed by atoms with van der Waals surface area (Å²) in [6, 6.07) is 3.08. The van der Waals surface area contributed by atoms with E-state index in [0.717, 1.165) is 10.4 Å². The molecule has 0 spiro atoms. The molecule has 0 aliphatic heterocycles. The highest BCUT2D eigenvalue weighted by Crippen LogP contribution is 2.34. The van der Waals surface area contributed by atoms with Gasteiger partial charge in [0.2, 0.25) is 0 Å². The van der Waals surface area contributed by atoms with Crippen molar-refractivity contribution in [2.24, 2.45) is 7.05 Å². The summed E-state index contributed by atoms with van der Waals surface area (Å²) in [4.78, 5) is 31.4. The molecule has 26 heavy (non-hydrogen) atoms. The first-order valence-electron chi connectivity index (χ1n) is 7.48. The van der Waals surface area contributed by atoms with Crippen LogP contribution in [-0.2, 0) is 7.05 Å². The van der Waals surface area contributed by atoms with Crippen LogP contribution in [-0.4, -0.2) is 21.1 Å². The number of hydrogen-bond donors (Lipinski definition) is 0. The third-order valence-electron chi connectivity index (χ3n) is 4.04. The number of rotatable bonds is 4. The lowest BCUT2D eigenvalue weighted by atomic mass is 10.1. The number of benzene rings is 1. The van der Waals surface area contributed by atoms with E-state index in [2.05, 4.69) is 4.98 Å². The van der Waals surface area contributed by atoms with E-state index in [4.69, 9.17) is 34.8 Å². The average Bonchev–Trinajstić information content (AvgIpc) is 2.89. The molecule has 136 valence electrons. The van der Waals surface area contributed by atoms with Crippen molar-refractivity contribution in [1.82, 2.24) is 9.55 Å². The molecule has 1 aromatic carbocycles. The number of fused-ring (bicyclic) bond motifs is 1. The molecule has 0 saturated carbocycles. The Morgan fingerprint density at radius 1 is 1.23 bits per heavy atom. The molecular weight excluding hydrogens is 435 g/mol. The Labute approximate surface area is 173 Å². The molecule has 9 heteroatoms. The quantitative estimate of drug-likeness (QED) is 0.228. The van der Waals surface area contributed by atoms with Gasteiger partial charge in [0.25, 0.3) is 5.56 Å². The van der Waals surface area contributed by atoms with Crippen molar-refractivity contribution in [3.8, 4) is 0 Å². The van der Waals surface area contributed by atoms with Crippen LogP contribution in [0.3, 0.4) is 0 Å². The van der Waals surface area contributed by atoms with Crippen LogP contribution in [0.1, 0.15) is 20.8 Å². The van der Waals surface area contributed by atoms with Crippen LogP contribution in [0, 0.1) is 13.8 Å². The third-order valence-corrected chi connectivity index (χ3v) is 7.46. The third kappa shape index (κ3) is 3.41. The number of carbonyl (C=O) groups is 1. The minimum Gasteiger partial charge on any atom is -0.293 e. The maximum absolute atomic E-state index is 12.6. The lowest BCUT2D eigenvalue weighted by Gasteiger charge is -2.08. The van der Waals surface area contributed by atoms with E-state index in [1.807, 2.05) is 13.8 Å². The molecule has 0 radical (unpaired) electrons. The van der Waals surface area contributed by atoms with Crippen molar-refractivity contribution in [2.75, 3.05) is 5.75 Å². The highest BCUT2D eigenvalue weighted by molar-refractivity contribution is 7.99. The van der Waals surface area contributed by atoms with Gasteiger partial charge >= 0.3 is 0 Å². The molecule has 0 N–H and O–H groups in total. The first kappa shape index (κ1) is 19.7. The van der Waals surface area contributed by atoms with Crippen LogP contribution >= 0.6 is 57.9 Å². The van der Waals surface area contributed by atoms with Gasteiger partial charge in [-0.25, -0.2) is 4.98 Å². The summed E-state index contributed by atoms with van der Waals surface area (Å²) in [6.45, 7) is 3.88. The van der Waals surface area contributed by atoms with Crippen LogP contribution in [0.2, 0.25) is 15.1 Å². The fraction of sp³-hybridized carbons (Fsp3) is 0.235. The SMILES string of the molecule is Cc1sc2nc(SCC(=O)c3ccc(Cl)c(Cl)c3Cl)n(C)c(=O)c2c1C. The highest BCUT2D eigenvalue weighted by atomic mass is 35.5. The molecule has 4 nitrogen and oxygen atoms in total. The van der Waals surface area contributed by atoms with Gasteiger partial charge < -0.3 is 0 Å². The number of thiophene rings is 1. The number of nitrogens with zero attached hydrogens (tertiary/aromatic N) is 2. The monoisotopic (exact) mass is 446 g/mol. The fourth-order valence-electron chi connectivity index (χ4n) is 2.43. The minimum atomic E-state index is -0.216. The second-order valence-corrected chi connectivity index (χ2v) is 8.97. The summed E-state index contributed by atoms with van der Waals surface area (Å²) in [7, 11) is 1.65. The van der Waals surface area contributed by atoms with Gasteiger partial charge in [-0.2, -0.15) is 0 Å². The number of aromatic nitrogens is 2. The molecule has 0 saturated heterocycles. The van der Waals surface area contributed by atoms with Crippen LogP contribution in [0.5, 0.6) is 0 Å². The molecule has 0 unspecified atom stereocenters. The Hall–Kier alpha value is -1.05. The van der Waals surface area contributed by atoms with Crippen molar-refractivity contribution in [3.63, 3.8) is 0 Å². The van der Waals surface area contributed by atoms with Gasteiger partial charge in [0.15, 0.2) is 10.9 Å². The first-order chi connectivity index (χ1) is 12.2. The zero-order chi connectivity index (χ0) is 19.2. The van der Waals surface area contributed by atoms with E-state index < -0.39 is 0 Å². The summed E-state index contributed by atoms with van der Waals surface area (Å²) in [5, 5.41) is 1.69. The van der Waals surface area contributed by atoms with E-state index >= 15 is 0 Å². The molecule has 0 fully saturated rings. The number of carbonyl (C=O) groups excluding carboxylic acids is 1. The van der Waals surface area contributed by atoms with Crippen molar-refractivity contribution < 1.29 is 4.79 Å². The zero-order valence-electron chi connectivity index (χ0n) is 14.0. The Balaban J connectivity index is 1.91. The van der Waals surface area contributed by atoms with Crippen molar-refractivity contribution >= 4 is 73.9 Å². The average molecular weight is 448 g/mol. The second-order valence-electron chi connectivity index (χ2n) is 5.66. The first-order valence-corrected chi connectivity index (χ1v) is 10.4. The topological polar surface area (TPSA) is 52.0 Å². The van der Waals surface area contributed by atoms with Gasteiger partial charge in [-0.3, -0.25) is 14.2 Å². The summed E-state index contributed by atoms with van der Waals surface area (Å²) in [6.07, 6.45) is 0. The second kappa shape index (κ2) is 7.52. The summed E-state index contributed by atoms with van der Waals surface area (Å²) in [5.74, 6) is -0.140. The lowest BCUT2D eigenvalue weighted by Crippen LogP contribution is -2.20. The van der Waals surface area contributed by atoms with Gasteiger partial charge in [0.1, 0.15) is 4.83 Å². The largest absolute Gasteiger partial charge is 0.293 e. The molecule has 0 bridgehead atoms. The maximum Gasteiger partial charge on any atom is 0.262 e.